The third-order valence-corrected chi connectivity index (χ3v) is 6.93. The second-order valence-corrected chi connectivity index (χ2v) is 8.28. The van der Waals surface area contributed by atoms with Crippen LogP contribution in [0.15, 0.2) is 18.2 Å². The number of amides is 1. The number of likely N-dealkylation sites (tertiary alicyclic amines) is 1. The van der Waals surface area contributed by atoms with Crippen molar-refractivity contribution in [3.63, 3.8) is 0 Å². The Morgan fingerprint density at radius 2 is 2.19 bits per heavy atom. The van der Waals surface area contributed by atoms with E-state index in [1.807, 2.05) is 6.07 Å². The van der Waals surface area contributed by atoms with E-state index in [0.717, 1.165) is 13.0 Å². The average Bonchev–Trinajstić information content (AvgIpc) is 2.69. The number of nitrogens with two attached hydrogens (primary N) is 1. The molecule has 3 atom stereocenters. The summed E-state index contributed by atoms with van der Waals surface area (Å²) >= 11 is 0. The highest BCUT2D eigenvalue weighted by molar-refractivity contribution is 5.83. The number of nitrogens with zero attached hydrogens (tertiary/aromatic N) is 1. The topological polar surface area (TPSA) is 84.7 Å². The molecule has 3 N–H and O–H groups in total. The van der Waals surface area contributed by atoms with Gasteiger partial charge in [0.1, 0.15) is 12.3 Å². The van der Waals surface area contributed by atoms with Crippen LogP contribution in [0.3, 0.4) is 0 Å². The Bertz CT molecular complexity index is 750. The molecule has 1 aromatic rings. The molecular weight excluding hydrogens is 342 g/mol. The van der Waals surface area contributed by atoms with E-state index in [1.54, 1.807) is 0 Å². The minimum Gasteiger partial charge on any atom is -0.425 e. The van der Waals surface area contributed by atoms with Gasteiger partial charge in [0.05, 0.1) is 6.54 Å². The second-order valence-electron chi connectivity index (χ2n) is 8.28. The maximum atomic E-state index is 12.1. The number of fused-ring (bicyclic) bond motifs is 1. The van der Waals surface area contributed by atoms with E-state index >= 15 is 0 Å². The molecule has 27 heavy (non-hydrogen) atoms. The third-order valence-electron chi connectivity index (χ3n) is 6.93. The predicted octanol–water partition coefficient (Wildman–Crippen LogP) is 1.36. The van der Waals surface area contributed by atoms with Crippen LogP contribution in [-0.4, -0.2) is 49.5 Å². The van der Waals surface area contributed by atoms with Crippen molar-refractivity contribution in [2.45, 2.75) is 50.0 Å². The summed E-state index contributed by atoms with van der Waals surface area (Å²) in [5.41, 5.74) is 8.27. The molecule has 1 saturated carbocycles. The van der Waals surface area contributed by atoms with Gasteiger partial charge >= 0.3 is 5.97 Å². The number of carbonyl (C=O) groups is 2. The standard InChI is InChI=1S/C21H29N3O3/c1-24-9-8-21-7-3-2-4-16(21)18(24)10-14-5-6-15(11-17(14)21)27-20(26)13-23-19(25)12-22/h5-6,11,16,18H,2-4,7-10,12-13,22H2,1H3,(H,23,25)/t16-,18+,21+/m0/s1. The number of benzene rings is 1. The number of hydrogen-bond donors (Lipinski definition) is 2. The summed E-state index contributed by atoms with van der Waals surface area (Å²) in [7, 11) is 2.26. The van der Waals surface area contributed by atoms with E-state index in [9.17, 15) is 9.59 Å². The zero-order chi connectivity index (χ0) is 19.0. The van der Waals surface area contributed by atoms with Crippen LogP contribution < -0.4 is 15.8 Å². The van der Waals surface area contributed by atoms with Gasteiger partial charge in [-0.1, -0.05) is 18.9 Å². The van der Waals surface area contributed by atoms with E-state index in [2.05, 4.69) is 29.4 Å². The molecule has 0 radical (unpaired) electrons. The molecule has 146 valence electrons. The zero-order valence-corrected chi connectivity index (χ0v) is 16.0. The monoisotopic (exact) mass is 371 g/mol. The highest BCUT2D eigenvalue weighted by Gasteiger charge is 2.53. The Morgan fingerprint density at radius 1 is 1.33 bits per heavy atom. The maximum Gasteiger partial charge on any atom is 0.330 e. The highest BCUT2D eigenvalue weighted by atomic mass is 16.5. The highest BCUT2D eigenvalue weighted by Crippen LogP contribution is 2.55. The van der Waals surface area contributed by atoms with Crippen LogP contribution in [0, 0.1) is 5.92 Å². The van der Waals surface area contributed by atoms with Gasteiger partial charge in [-0.2, -0.15) is 0 Å². The summed E-state index contributed by atoms with van der Waals surface area (Å²) in [6.45, 7) is 0.842. The number of likely N-dealkylation sites (N-methyl/N-ethyl adjacent to an activating group) is 1. The van der Waals surface area contributed by atoms with Crippen molar-refractivity contribution < 1.29 is 14.3 Å². The number of rotatable bonds is 4. The molecule has 6 heteroatoms. The lowest BCUT2D eigenvalue weighted by atomic mass is 9.52. The smallest absolute Gasteiger partial charge is 0.330 e. The molecule has 0 spiro atoms. The second kappa shape index (κ2) is 7.24. The SMILES string of the molecule is CN1CC[C@]23CCCC[C@H]2[C@H]1Cc1ccc(OC(=O)CNC(=O)CN)cc13. The molecule has 1 aromatic carbocycles. The molecule has 0 aromatic heterocycles. The fourth-order valence-corrected chi connectivity index (χ4v) is 5.65. The van der Waals surface area contributed by atoms with Crippen molar-refractivity contribution in [1.29, 1.82) is 0 Å². The molecule has 0 unspecified atom stereocenters. The zero-order valence-electron chi connectivity index (χ0n) is 16.0. The molecule has 2 fully saturated rings. The van der Waals surface area contributed by atoms with Crippen molar-refractivity contribution in [3.05, 3.63) is 29.3 Å². The average molecular weight is 371 g/mol. The lowest BCUT2D eigenvalue weighted by Gasteiger charge is -2.58. The number of ether oxygens (including phenoxy) is 1. The third kappa shape index (κ3) is 3.25. The Balaban J connectivity index is 1.58. The van der Waals surface area contributed by atoms with Gasteiger partial charge in [0.15, 0.2) is 0 Å². The minimum absolute atomic E-state index is 0.133. The van der Waals surface area contributed by atoms with Gasteiger partial charge in [-0.25, -0.2) is 4.79 Å². The number of piperidine rings is 1. The molecule has 2 bridgehead atoms. The summed E-state index contributed by atoms with van der Waals surface area (Å²) < 4.78 is 5.51. The van der Waals surface area contributed by atoms with Crippen molar-refractivity contribution in [1.82, 2.24) is 10.2 Å². The largest absolute Gasteiger partial charge is 0.425 e. The Kier molecular flexibility index (Phi) is 4.95. The van der Waals surface area contributed by atoms with Crippen LogP contribution in [0.5, 0.6) is 5.75 Å². The quantitative estimate of drug-likeness (QED) is 0.617. The first kappa shape index (κ1) is 18.4. The van der Waals surface area contributed by atoms with Crippen LogP contribution in [0.2, 0.25) is 0 Å². The van der Waals surface area contributed by atoms with Gasteiger partial charge in [0.25, 0.3) is 0 Å². The van der Waals surface area contributed by atoms with Crippen LogP contribution in [-0.2, 0) is 21.4 Å². The van der Waals surface area contributed by atoms with Gasteiger partial charge < -0.3 is 20.7 Å². The van der Waals surface area contributed by atoms with E-state index in [-0.39, 0.29) is 24.4 Å². The Hall–Kier alpha value is -1.92. The number of carbonyl (C=O) groups excluding carboxylic acids is 2. The molecular formula is C21H29N3O3. The molecule has 1 saturated heterocycles. The molecule has 3 aliphatic rings. The molecule has 2 aliphatic carbocycles. The Labute approximate surface area is 160 Å². The van der Waals surface area contributed by atoms with Crippen molar-refractivity contribution in [2.75, 3.05) is 26.7 Å². The summed E-state index contributed by atoms with van der Waals surface area (Å²) in [6.07, 6.45) is 7.40. The molecule has 4 rings (SSSR count). The van der Waals surface area contributed by atoms with Gasteiger partial charge in [0.2, 0.25) is 5.91 Å². The van der Waals surface area contributed by atoms with Gasteiger partial charge in [-0.05, 0) is 68.5 Å². The molecule has 1 amide bonds. The van der Waals surface area contributed by atoms with E-state index in [1.165, 1.54) is 43.2 Å². The first-order chi connectivity index (χ1) is 13.0. The minimum atomic E-state index is -0.466. The van der Waals surface area contributed by atoms with E-state index in [4.69, 9.17) is 10.5 Å². The fraction of sp³-hybridized carbons (Fsp3) is 0.619. The van der Waals surface area contributed by atoms with Crippen LogP contribution in [0.25, 0.3) is 0 Å². The first-order valence-electron chi connectivity index (χ1n) is 10.0. The fourth-order valence-electron chi connectivity index (χ4n) is 5.65. The normalized spacial score (nSPS) is 29.4. The number of nitrogens with one attached hydrogen (secondary N) is 1. The lowest BCUT2D eigenvalue weighted by Crippen LogP contribution is -2.59. The summed E-state index contributed by atoms with van der Waals surface area (Å²) in [4.78, 5) is 25.8. The van der Waals surface area contributed by atoms with E-state index < -0.39 is 5.97 Å². The van der Waals surface area contributed by atoms with Crippen LogP contribution in [0.4, 0.5) is 0 Å². The van der Waals surface area contributed by atoms with Crippen molar-refractivity contribution in [3.8, 4) is 5.75 Å². The molecule has 6 nitrogen and oxygen atoms in total. The number of esters is 1. The van der Waals surface area contributed by atoms with Gasteiger partial charge in [-0.3, -0.25) is 4.79 Å². The summed E-state index contributed by atoms with van der Waals surface area (Å²) in [5.74, 6) is 0.453. The van der Waals surface area contributed by atoms with Gasteiger partial charge in [-0.15, -0.1) is 0 Å². The van der Waals surface area contributed by atoms with Crippen molar-refractivity contribution in [2.24, 2.45) is 11.7 Å². The van der Waals surface area contributed by atoms with E-state index in [0.29, 0.717) is 17.7 Å². The maximum absolute atomic E-state index is 12.1. The van der Waals surface area contributed by atoms with Crippen molar-refractivity contribution >= 4 is 11.9 Å². The number of hydrogen-bond acceptors (Lipinski definition) is 5. The van der Waals surface area contributed by atoms with Crippen LogP contribution in [0.1, 0.15) is 43.2 Å². The lowest BCUT2D eigenvalue weighted by molar-refractivity contribution is -0.135. The van der Waals surface area contributed by atoms with Gasteiger partial charge in [0, 0.05) is 11.5 Å². The molecule has 1 aliphatic heterocycles. The predicted molar refractivity (Wildman–Crippen MR) is 103 cm³/mol. The molecule has 1 heterocycles. The summed E-state index contributed by atoms with van der Waals surface area (Å²) in [5, 5.41) is 2.45. The summed E-state index contributed by atoms with van der Waals surface area (Å²) in [6, 6.07) is 6.75. The Morgan fingerprint density at radius 3 is 3.00 bits per heavy atom. The van der Waals surface area contributed by atoms with Crippen LogP contribution >= 0.6 is 0 Å². The first-order valence-corrected chi connectivity index (χ1v) is 10.0.